The van der Waals surface area contributed by atoms with Crippen molar-refractivity contribution in [3.8, 4) is 5.88 Å². The van der Waals surface area contributed by atoms with E-state index in [-0.39, 0.29) is 0 Å². The van der Waals surface area contributed by atoms with Crippen LogP contribution in [0.3, 0.4) is 0 Å². The van der Waals surface area contributed by atoms with Crippen molar-refractivity contribution >= 4 is 5.82 Å². The summed E-state index contributed by atoms with van der Waals surface area (Å²) in [4.78, 5) is 8.21. The molecule has 0 atom stereocenters. The van der Waals surface area contributed by atoms with Gasteiger partial charge in [0.1, 0.15) is 5.82 Å². The first-order valence-electron chi connectivity index (χ1n) is 5.22. The predicted octanol–water partition coefficient (Wildman–Crippen LogP) is 0.649. The lowest BCUT2D eigenvalue weighted by atomic mass is 10.5. The zero-order chi connectivity index (χ0) is 10.5. The van der Waals surface area contributed by atoms with E-state index < -0.39 is 0 Å². The van der Waals surface area contributed by atoms with E-state index in [9.17, 15) is 0 Å². The van der Waals surface area contributed by atoms with Gasteiger partial charge in [0, 0.05) is 19.1 Å². The fourth-order valence-electron chi connectivity index (χ4n) is 1.29. The predicted molar refractivity (Wildman–Crippen MR) is 58.1 cm³/mol. The minimum atomic E-state index is 0.537. The third-order valence-corrected chi connectivity index (χ3v) is 2.26. The van der Waals surface area contributed by atoms with Crippen LogP contribution in [0.2, 0.25) is 0 Å². The molecule has 1 aromatic heterocycles. The lowest BCUT2D eigenvalue weighted by Crippen LogP contribution is -2.24. The van der Waals surface area contributed by atoms with Gasteiger partial charge in [0.2, 0.25) is 5.88 Å². The van der Waals surface area contributed by atoms with Gasteiger partial charge >= 0.3 is 0 Å². The molecule has 2 rings (SSSR count). The molecule has 1 saturated carbocycles. The average molecular weight is 208 g/mol. The molecule has 0 aliphatic heterocycles. The van der Waals surface area contributed by atoms with Gasteiger partial charge in [0.25, 0.3) is 0 Å². The quantitative estimate of drug-likeness (QED) is 0.672. The summed E-state index contributed by atoms with van der Waals surface area (Å²) in [6, 6.07) is 0.753. The van der Waals surface area contributed by atoms with Gasteiger partial charge < -0.3 is 15.4 Å². The number of hydrogen-bond acceptors (Lipinski definition) is 5. The molecule has 0 radical (unpaired) electrons. The van der Waals surface area contributed by atoms with Gasteiger partial charge in [-0.05, 0) is 12.8 Å². The van der Waals surface area contributed by atoms with Crippen molar-refractivity contribution in [2.24, 2.45) is 0 Å². The van der Waals surface area contributed by atoms with Crippen molar-refractivity contribution in [2.45, 2.75) is 18.9 Å². The van der Waals surface area contributed by atoms with Crippen molar-refractivity contribution < 1.29 is 4.74 Å². The summed E-state index contributed by atoms with van der Waals surface area (Å²) in [5.41, 5.74) is 0. The second kappa shape index (κ2) is 4.93. The number of methoxy groups -OCH3 is 1. The van der Waals surface area contributed by atoms with Crippen LogP contribution in [0.1, 0.15) is 12.8 Å². The molecule has 1 fully saturated rings. The van der Waals surface area contributed by atoms with Crippen molar-refractivity contribution in [3.05, 3.63) is 12.4 Å². The van der Waals surface area contributed by atoms with Crippen molar-refractivity contribution in [1.29, 1.82) is 0 Å². The van der Waals surface area contributed by atoms with Crippen molar-refractivity contribution in [1.82, 2.24) is 15.3 Å². The van der Waals surface area contributed by atoms with Crippen LogP contribution < -0.4 is 15.4 Å². The number of nitrogens with zero attached hydrogens (tertiary/aromatic N) is 2. The minimum Gasteiger partial charge on any atom is -0.480 e. The highest BCUT2D eigenvalue weighted by Crippen LogP contribution is 2.17. The lowest BCUT2D eigenvalue weighted by molar-refractivity contribution is 0.396. The fourth-order valence-corrected chi connectivity index (χ4v) is 1.29. The Morgan fingerprint density at radius 2 is 2.27 bits per heavy atom. The summed E-state index contributed by atoms with van der Waals surface area (Å²) < 4.78 is 4.98. The lowest BCUT2D eigenvalue weighted by Gasteiger charge is -2.06. The van der Waals surface area contributed by atoms with Crippen molar-refractivity contribution in [3.63, 3.8) is 0 Å². The van der Waals surface area contributed by atoms with Crippen LogP contribution in [0.25, 0.3) is 0 Å². The maximum atomic E-state index is 4.98. The molecule has 0 bridgehead atoms. The number of ether oxygens (including phenoxy) is 1. The molecule has 1 aromatic rings. The maximum Gasteiger partial charge on any atom is 0.233 e. The molecule has 2 N–H and O–H groups in total. The molecular formula is C10H16N4O. The molecule has 1 heterocycles. The average Bonchev–Trinajstić information content (AvgIpc) is 3.09. The summed E-state index contributed by atoms with van der Waals surface area (Å²) in [7, 11) is 1.59. The van der Waals surface area contributed by atoms with Gasteiger partial charge in [0.05, 0.1) is 19.5 Å². The van der Waals surface area contributed by atoms with Crippen LogP contribution in [0, 0.1) is 0 Å². The molecule has 0 spiro atoms. The Morgan fingerprint density at radius 3 is 3.00 bits per heavy atom. The van der Waals surface area contributed by atoms with Crippen LogP contribution in [-0.4, -0.2) is 36.2 Å². The van der Waals surface area contributed by atoms with Crippen LogP contribution in [0.5, 0.6) is 5.88 Å². The van der Waals surface area contributed by atoms with E-state index in [1.807, 2.05) is 0 Å². The number of rotatable bonds is 6. The zero-order valence-electron chi connectivity index (χ0n) is 8.86. The first-order valence-corrected chi connectivity index (χ1v) is 5.22. The summed E-state index contributed by atoms with van der Waals surface area (Å²) in [5, 5.41) is 6.60. The van der Waals surface area contributed by atoms with E-state index >= 15 is 0 Å². The first kappa shape index (κ1) is 10.2. The molecule has 0 aromatic carbocycles. The molecule has 15 heavy (non-hydrogen) atoms. The molecule has 0 saturated heterocycles. The van der Waals surface area contributed by atoms with Gasteiger partial charge in [-0.15, -0.1) is 0 Å². The van der Waals surface area contributed by atoms with E-state index in [1.165, 1.54) is 12.8 Å². The summed E-state index contributed by atoms with van der Waals surface area (Å²) >= 11 is 0. The van der Waals surface area contributed by atoms with Gasteiger partial charge in [-0.3, -0.25) is 4.98 Å². The summed E-state index contributed by atoms with van der Waals surface area (Å²) in [6.45, 7) is 1.82. The number of anilines is 1. The van der Waals surface area contributed by atoms with E-state index in [0.29, 0.717) is 5.88 Å². The zero-order valence-corrected chi connectivity index (χ0v) is 8.86. The SMILES string of the molecule is COc1cncc(NCCNC2CC2)n1. The second-order valence-corrected chi connectivity index (χ2v) is 3.60. The van der Waals surface area contributed by atoms with Crippen LogP contribution in [-0.2, 0) is 0 Å². The van der Waals surface area contributed by atoms with E-state index in [2.05, 4.69) is 20.6 Å². The maximum absolute atomic E-state index is 4.98. The van der Waals surface area contributed by atoms with Gasteiger partial charge in [-0.25, -0.2) is 0 Å². The van der Waals surface area contributed by atoms with E-state index in [0.717, 1.165) is 24.9 Å². The molecule has 82 valence electrons. The van der Waals surface area contributed by atoms with E-state index in [1.54, 1.807) is 19.5 Å². The molecule has 1 aliphatic rings. The van der Waals surface area contributed by atoms with E-state index in [4.69, 9.17) is 4.74 Å². The summed E-state index contributed by atoms with van der Waals surface area (Å²) in [5.74, 6) is 1.29. The van der Waals surface area contributed by atoms with Gasteiger partial charge in [-0.1, -0.05) is 0 Å². The normalized spacial score (nSPS) is 15.0. The number of hydrogen-bond donors (Lipinski definition) is 2. The number of nitrogens with one attached hydrogen (secondary N) is 2. The Kier molecular flexibility index (Phi) is 3.34. The molecule has 1 aliphatic carbocycles. The number of aromatic nitrogens is 2. The highest BCUT2D eigenvalue weighted by molar-refractivity contribution is 5.33. The molecular weight excluding hydrogens is 192 g/mol. The Balaban J connectivity index is 1.71. The Hall–Kier alpha value is -1.36. The topological polar surface area (TPSA) is 59.1 Å². The molecule has 5 nitrogen and oxygen atoms in total. The fraction of sp³-hybridized carbons (Fsp3) is 0.600. The Labute approximate surface area is 89.3 Å². The van der Waals surface area contributed by atoms with Crippen molar-refractivity contribution in [2.75, 3.05) is 25.5 Å². The molecule has 0 unspecified atom stereocenters. The Bertz CT molecular complexity index is 314. The monoisotopic (exact) mass is 208 g/mol. The third-order valence-electron chi connectivity index (χ3n) is 2.26. The highest BCUT2D eigenvalue weighted by atomic mass is 16.5. The highest BCUT2D eigenvalue weighted by Gasteiger charge is 2.19. The standard InChI is InChI=1S/C10H16N4O/c1-15-10-7-11-6-9(14-10)13-5-4-12-8-2-3-8/h6-8,12H,2-5H2,1H3,(H,13,14). The largest absolute Gasteiger partial charge is 0.480 e. The first-order chi connectivity index (χ1) is 7.38. The third kappa shape index (κ3) is 3.36. The van der Waals surface area contributed by atoms with Gasteiger partial charge in [0.15, 0.2) is 0 Å². The minimum absolute atomic E-state index is 0.537. The molecule has 5 heteroatoms. The Morgan fingerprint density at radius 1 is 1.40 bits per heavy atom. The second-order valence-electron chi connectivity index (χ2n) is 3.60. The smallest absolute Gasteiger partial charge is 0.233 e. The molecule has 0 amide bonds. The summed E-state index contributed by atoms with van der Waals surface area (Å²) in [6.07, 6.45) is 5.92. The van der Waals surface area contributed by atoms with Crippen LogP contribution in [0.15, 0.2) is 12.4 Å². The van der Waals surface area contributed by atoms with Crippen LogP contribution in [0.4, 0.5) is 5.82 Å². The van der Waals surface area contributed by atoms with Gasteiger partial charge in [-0.2, -0.15) is 4.98 Å². The van der Waals surface area contributed by atoms with Crippen LogP contribution >= 0.6 is 0 Å².